The Balaban J connectivity index is 1.69. The number of methoxy groups -OCH3 is 1. The van der Waals surface area contributed by atoms with Gasteiger partial charge in [-0.1, -0.05) is 29.3 Å². The predicted molar refractivity (Wildman–Crippen MR) is 102 cm³/mol. The Morgan fingerprint density at radius 3 is 2.54 bits per heavy atom. The van der Waals surface area contributed by atoms with Gasteiger partial charge >= 0.3 is 0 Å². The zero-order valence-electron chi connectivity index (χ0n) is 13.7. The van der Waals surface area contributed by atoms with Gasteiger partial charge in [0, 0.05) is 11.1 Å². The van der Waals surface area contributed by atoms with Gasteiger partial charge in [0.15, 0.2) is 0 Å². The van der Waals surface area contributed by atoms with E-state index < -0.39 is 5.91 Å². The Kier molecular flexibility index (Phi) is 5.55. The van der Waals surface area contributed by atoms with Gasteiger partial charge in [0.05, 0.1) is 29.1 Å². The molecule has 8 heteroatoms. The molecule has 1 heterocycles. The van der Waals surface area contributed by atoms with Gasteiger partial charge in [0.25, 0.3) is 5.91 Å². The first-order valence-corrected chi connectivity index (χ1v) is 8.31. The van der Waals surface area contributed by atoms with Gasteiger partial charge in [0.1, 0.15) is 11.4 Å². The number of rotatable bonds is 5. The summed E-state index contributed by atoms with van der Waals surface area (Å²) in [5.41, 5.74) is 4.70. The van der Waals surface area contributed by atoms with E-state index >= 15 is 0 Å². The van der Waals surface area contributed by atoms with Crippen molar-refractivity contribution < 1.29 is 9.53 Å². The number of nitrogens with zero attached hydrogens (tertiary/aromatic N) is 2. The number of aromatic amines is 1. The van der Waals surface area contributed by atoms with Gasteiger partial charge in [-0.05, 0) is 42.5 Å². The molecule has 0 saturated heterocycles. The maximum absolute atomic E-state index is 12.2. The van der Waals surface area contributed by atoms with Crippen molar-refractivity contribution in [2.75, 3.05) is 7.11 Å². The Hall–Kier alpha value is -2.83. The van der Waals surface area contributed by atoms with Gasteiger partial charge in [-0.25, -0.2) is 5.43 Å². The highest BCUT2D eigenvalue weighted by Gasteiger charge is 2.11. The van der Waals surface area contributed by atoms with Crippen molar-refractivity contribution in [1.82, 2.24) is 15.6 Å². The normalized spacial score (nSPS) is 10.9. The van der Waals surface area contributed by atoms with E-state index in [0.29, 0.717) is 21.3 Å². The van der Waals surface area contributed by atoms with Gasteiger partial charge in [0.2, 0.25) is 0 Å². The first kappa shape index (κ1) is 18.0. The number of nitrogens with one attached hydrogen (secondary N) is 2. The van der Waals surface area contributed by atoms with Gasteiger partial charge in [-0.2, -0.15) is 10.2 Å². The summed E-state index contributed by atoms with van der Waals surface area (Å²) in [6, 6.07) is 14.1. The van der Waals surface area contributed by atoms with E-state index in [1.54, 1.807) is 31.4 Å². The fourth-order valence-electron chi connectivity index (χ4n) is 2.20. The summed E-state index contributed by atoms with van der Waals surface area (Å²) in [6.45, 7) is 0. The third-order valence-corrected chi connectivity index (χ3v) is 4.23. The molecule has 1 aromatic heterocycles. The number of aromatic nitrogens is 2. The second kappa shape index (κ2) is 8.03. The molecular weight excluding hydrogens is 375 g/mol. The van der Waals surface area contributed by atoms with Crippen LogP contribution in [0.2, 0.25) is 10.0 Å². The molecule has 3 rings (SSSR count). The van der Waals surface area contributed by atoms with E-state index in [4.69, 9.17) is 27.9 Å². The van der Waals surface area contributed by atoms with E-state index in [0.717, 1.165) is 11.3 Å². The highest BCUT2D eigenvalue weighted by molar-refractivity contribution is 6.38. The lowest BCUT2D eigenvalue weighted by Crippen LogP contribution is -2.18. The van der Waals surface area contributed by atoms with E-state index in [2.05, 4.69) is 20.7 Å². The minimum atomic E-state index is -0.434. The number of hydrazone groups is 1. The van der Waals surface area contributed by atoms with Crippen molar-refractivity contribution in [2.45, 2.75) is 0 Å². The molecule has 26 heavy (non-hydrogen) atoms. The fourth-order valence-corrected chi connectivity index (χ4v) is 2.69. The Bertz CT molecular complexity index is 932. The summed E-state index contributed by atoms with van der Waals surface area (Å²) in [5.74, 6) is 0.312. The SMILES string of the molecule is COc1ccc(-c2cc(C(=O)N/N=C/c3c(Cl)cccc3Cl)[nH]n2)cc1. The molecule has 0 aliphatic carbocycles. The van der Waals surface area contributed by atoms with Crippen molar-refractivity contribution in [3.8, 4) is 17.0 Å². The molecule has 0 atom stereocenters. The summed E-state index contributed by atoms with van der Waals surface area (Å²) >= 11 is 12.1. The zero-order chi connectivity index (χ0) is 18.5. The molecule has 1 amide bonds. The molecule has 2 N–H and O–H groups in total. The van der Waals surface area contributed by atoms with E-state index in [1.165, 1.54) is 6.21 Å². The molecular formula is C18H14Cl2N4O2. The summed E-state index contributed by atoms with van der Waals surface area (Å²) in [4.78, 5) is 12.2. The quantitative estimate of drug-likeness (QED) is 0.508. The van der Waals surface area contributed by atoms with Crippen molar-refractivity contribution in [1.29, 1.82) is 0 Å². The summed E-state index contributed by atoms with van der Waals surface area (Å²) in [6.07, 6.45) is 1.39. The van der Waals surface area contributed by atoms with Crippen LogP contribution in [-0.2, 0) is 0 Å². The largest absolute Gasteiger partial charge is 0.497 e. The lowest BCUT2D eigenvalue weighted by atomic mass is 10.1. The lowest BCUT2D eigenvalue weighted by molar-refractivity contribution is 0.0950. The average molecular weight is 389 g/mol. The Morgan fingerprint density at radius 2 is 1.88 bits per heavy atom. The number of H-pyrrole nitrogens is 1. The predicted octanol–water partition coefficient (Wildman–Crippen LogP) is 4.16. The first-order chi connectivity index (χ1) is 12.6. The van der Waals surface area contributed by atoms with Gasteiger partial charge in [-0.15, -0.1) is 0 Å². The number of amides is 1. The second-order valence-corrected chi connectivity index (χ2v) is 6.04. The minimum absolute atomic E-state index is 0.276. The number of carbonyl (C=O) groups excluding carboxylic acids is 1. The van der Waals surface area contributed by atoms with E-state index in [9.17, 15) is 4.79 Å². The number of ether oxygens (including phenoxy) is 1. The van der Waals surface area contributed by atoms with Crippen molar-refractivity contribution in [3.05, 3.63) is 69.8 Å². The summed E-state index contributed by atoms with van der Waals surface area (Å²) in [7, 11) is 1.60. The Morgan fingerprint density at radius 1 is 1.19 bits per heavy atom. The average Bonchev–Trinajstić information content (AvgIpc) is 3.14. The molecule has 132 valence electrons. The molecule has 0 aliphatic heterocycles. The summed E-state index contributed by atoms with van der Waals surface area (Å²) in [5, 5.41) is 11.6. The van der Waals surface area contributed by atoms with Crippen molar-refractivity contribution >= 4 is 35.3 Å². The minimum Gasteiger partial charge on any atom is -0.497 e. The van der Waals surface area contributed by atoms with E-state index in [1.807, 2.05) is 24.3 Å². The first-order valence-electron chi connectivity index (χ1n) is 7.55. The highest BCUT2D eigenvalue weighted by atomic mass is 35.5. The highest BCUT2D eigenvalue weighted by Crippen LogP contribution is 2.22. The number of halogens is 2. The van der Waals surface area contributed by atoms with Crippen LogP contribution in [0.25, 0.3) is 11.3 Å². The standard InChI is InChI=1S/C18H14Cl2N4O2/c1-26-12-7-5-11(6-8-12)16-9-17(23-22-16)18(25)24-21-10-13-14(19)3-2-4-15(13)20/h2-10H,1H3,(H,22,23)(H,24,25)/b21-10+. The van der Waals surface area contributed by atoms with Crippen LogP contribution >= 0.6 is 23.2 Å². The number of benzene rings is 2. The fraction of sp³-hybridized carbons (Fsp3) is 0.0556. The number of hydrogen-bond donors (Lipinski definition) is 2. The zero-order valence-corrected chi connectivity index (χ0v) is 15.2. The van der Waals surface area contributed by atoms with Crippen LogP contribution < -0.4 is 10.2 Å². The second-order valence-electron chi connectivity index (χ2n) is 5.23. The lowest BCUT2D eigenvalue weighted by Gasteiger charge is -2.00. The van der Waals surface area contributed by atoms with Crippen molar-refractivity contribution in [3.63, 3.8) is 0 Å². The van der Waals surface area contributed by atoms with Crippen LogP contribution in [0.1, 0.15) is 16.1 Å². The Labute approximate surface area is 159 Å². The molecule has 0 bridgehead atoms. The third kappa shape index (κ3) is 4.04. The molecule has 0 unspecified atom stereocenters. The molecule has 0 fully saturated rings. The maximum Gasteiger partial charge on any atom is 0.289 e. The molecule has 2 aromatic carbocycles. The van der Waals surface area contributed by atoms with E-state index in [-0.39, 0.29) is 5.69 Å². The molecule has 0 spiro atoms. The topological polar surface area (TPSA) is 79.4 Å². The number of carbonyl (C=O) groups is 1. The number of hydrogen-bond acceptors (Lipinski definition) is 4. The van der Waals surface area contributed by atoms with Crippen LogP contribution in [0.3, 0.4) is 0 Å². The van der Waals surface area contributed by atoms with Crippen LogP contribution in [0.4, 0.5) is 0 Å². The van der Waals surface area contributed by atoms with Crippen LogP contribution in [0.15, 0.2) is 53.6 Å². The molecule has 6 nitrogen and oxygen atoms in total. The molecule has 0 radical (unpaired) electrons. The van der Waals surface area contributed by atoms with Crippen LogP contribution in [0, 0.1) is 0 Å². The molecule has 3 aromatic rings. The smallest absolute Gasteiger partial charge is 0.289 e. The maximum atomic E-state index is 12.2. The van der Waals surface area contributed by atoms with Crippen LogP contribution in [-0.4, -0.2) is 29.4 Å². The molecule has 0 aliphatic rings. The molecule has 0 saturated carbocycles. The van der Waals surface area contributed by atoms with Gasteiger partial charge in [-0.3, -0.25) is 9.89 Å². The summed E-state index contributed by atoms with van der Waals surface area (Å²) < 4.78 is 5.12. The van der Waals surface area contributed by atoms with Crippen molar-refractivity contribution in [2.24, 2.45) is 5.10 Å². The third-order valence-electron chi connectivity index (χ3n) is 3.57. The monoisotopic (exact) mass is 388 g/mol. The van der Waals surface area contributed by atoms with Crippen LogP contribution in [0.5, 0.6) is 5.75 Å². The van der Waals surface area contributed by atoms with Gasteiger partial charge < -0.3 is 4.74 Å².